The summed E-state index contributed by atoms with van der Waals surface area (Å²) in [4.78, 5) is 0. The summed E-state index contributed by atoms with van der Waals surface area (Å²) in [7, 11) is 0. The zero-order chi connectivity index (χ0) is 12.0. The highest BCUT2D eigenvalue weighted by atomic mass is 14.5. The molecule has 0 saturated heterocycles. The summed E-state index contributed by atoms with van der Waals surface area (Å²) < 4.78 is 0. The lowest BCUT2D eigenvalue weighted by molar-refractivity contribution is 0.460. The Balaban J connectivity index is 2.62. The van der Waals surface area contributed by atoms with E-state index in [0.29, 0.717) is 5.57 Å². The molecule has 0 N–H and O–H groups in total. The molecule has 0 aromatic rings. The van der Waals surface area contributed by atoms with Gasteiger partial charge in [0, 0.05) is 0 Å². The first-order valence-corrected chi connectivity index (χ1v) is 5.48. The van der Waals surface area contributed by atoms with Crippen LogP contribution in [0.4, 0.5) is 0 Å². The topological polar surface area (TPSA) is 23.8 Å². The summed E-state index contributed by atoms with van der Waals surface area (Å²) in [6, 6.07) is 2.17. The number of hydrogen-bond acceptors (Lipinski definition) is 1. The van der Waals surface area contributed by atoms with E-state index >= 15 is 0 Å². The minimum Gasteiger partial charge on any atom is -0.192 e. The van der Waals surface area contributed by atoms with Crippen LogP contribution in [-0.2, 0) is 0 Å². The molecule has 0 heterocycles. The van der Waals surface area contributed by atoms with Gasteiger partial charge in [-0.25, -0.2) is 0 Å². The van der Waals surface area contributed by atoms with Crippen molar-refractivity contribution in [1.29, 1.82) is 5.26 Å². The van der Waals surface area contributed by atoms with Crippen molar-refractivity contribution in [2.45, 2.75) is 26.7 Å². The molecule has 2 aliphatic carbocycles. The molecule has 0 amide bonds. The van der Waals surface area contributed by atoms with Crippen molar-refractivity contribution in [3.05, 3.63) is 35.5 Å². The van der Waals surface area contributed by atoms with E-state index < -0.39 is 0 Å². The van der Waals surface area contributed by atoms with Gasteiger partial charge in [-0.2, -0.15) is 5.26 Å². The van der Waals surface area contributed by atoms with Crippen molar-refractivity contribution < 1.29 is 0 Å². The minimum absolute atomic E-state index is 0.118. The lowest BCUT2D eigenvalue weighted by Crippen LogP contribution is -2.22. The molecule has 0 aliphatic heterocycles. The molecule has 0 aromatic carbocycles. The third kappa shape index (κ3) is 1.25. The van der Waals surface area contributed by atoms with Crippen LogP contribution < -0.4 is 0 Å². The highest BCUT2D eigenvalue weighted by Gasteiger charge is 2.47. The molecular weight excluding hydrogens is 194 g/mol. The average molecular weight is 209 g/mol. The zero-order valence-electron chi connectivity index (χ0n) is 9.80. The van der Waals surface area contributed by atoms with Crippen LogP contribution in [0.1, 0.15) is 26.7 Å². The summed E-state index contributed by atoms with van der Waals surface area (Å²) >= 11 is 0. The number of terminal acetylenes is 1. The van der Waals surface area contributed by atoms with E-state index in [1.54, 1.807) is 0 Å². The van der Waals surface area contributed by atoms with Gasteiger partial charge in [-0.3, -0.25) is 0 Å². The zero-order valence-corrected chi connectivity index (χ0v) is 9.80. The van der Waals surface area contributed by atoms with Crippen molar-refractivity contribution in [3.63, 3.8) is 0 Å². The van der Waals surface area contributed by atoms with Gasteiger partial charge in [-0.15, -0.1) is 6.42 Å². The van der Waals surface area contributed by atoms with Crippen LogP contribution in [0, 0.1) is 34.5 Å². The Labute approximate surface area is 97.2 Å². The highest BCUT2D eigenvalue weighted by molar-refractivity contribution is 5.59. The van der Waals surface area contributed by atoms with E-state index in [1.807, 2.05) is 12.2 Å². The van der Waals surface area contributed by atoms with Crippen LogP contribution in [0.5, 0.6) is 0 Å². The van der Waals surface area contributed by atoms with Gasteiger partial charge in [-0.05, 0) is 35.5 Å². The molecule has 0 spiro atoms. The highest BCUT2D eigenvalue weighted by Crippen LogP contribution is 2.56. The molecule has 2 rings (SSSR count). The third-order valence-corrected chi connectivity index (χ3v) is 3.79. The number of fused-ring (bicyclic) bond motifs is 1. The van der Waals surface area contributed by atoms with Gasteiger partial charge in [0.15, 0.2) is 0 Å². The van der Waals surface area contributed by atoms with E-state index in [-0.39, 0.29) is 10.8 Å². The number of allylic oxidation sites excluding steroid dienone is 5. The SMILES string of the molecule is C#CC12C=C(C#N)C(=C)C=C1C(C)(C)CC2. The maximum atomic E-state index is 9.04. The fourth-order valence-electron chi connectivity index (χ4n) is 2.74. The number of nitriles is 1. The number of nitrogens with zero attached hydrogens (tertiary/aromatic N) is 1. The van der Waals surface area contributed by atoms with E-state index in [0.717, 1.165) is 18.4 Å². The van der Waals surface area contributed by atoms with E-state index in [2.05, 4.69) is 32.4 Å². The van der Waals surface area contributed by atoms with Crippen molar-refractivity contribution >= 4 is 0 Å². The second-order valence-corrected chi connectivity index (χ2v) is 5.25. The normalized spacial score (nSPS) is 30.9. The quantitative estimate of drug-likeness (QED) is 0.561. The fraction of sp³-hybridized carbons (Fsp3) is 0.400. The third-order valence-electron chi connectivity index (χ3n) is 3.79. The van der Waals surface area contributed by atoms with E-state index in [9.17, 15) is 0 Å². The Bertz CT molecular complexity index is 503. The summed E-state index contributed by atoms with van der Waals surface area (Å²) in [5.74, 6) is 2.88. The predicted molar refractivity (Wildman–Crippen MR) is 65.2 cm³/mol. The first-order valence-electron chi connectivity index (χ1n) is 5.48. The summed E-state index contributed by atoms with van der Waals surface area (Å²) in [5.41, 5.74) is 2.44. The summed E-state index contributed by atoms with van der Waals surface area (Å²) in [5, 5.41) is 9.04. The van der Waals surface area contributed by atoms with Crippen molar-refractivity contribution in [1.82, 2.24) is 0 Å². The Hall–Kier alpha value is -1.73. The van der Waals surface area contributed by atoms with Crippen molar-refractivity contribution in [2.24, 2.45) is 10.8 Å². The van der Waals surface area contributed by atoms with Gasteiger partial charge in [0.1, 0.15) is 0 Å². The van der Waals surface area contributed by atoms with E-state index in [4.69, 9.17) is 11.7 Å². The van der Waals surface area contributed by atoms with Gasteiger partial charge in [0.25, 0.3) is 0 Å². The molecule has 1 heteroatoms. The lowest BCUT2D eigenvalue weighted by Gasteiger charge is -2.31. The van der Waals surface area contributed by atoms with Gasteiger partial charge in [-0.1, -0.05) is 32.4 Å². The van der Waals surface area contributed by atoms with Crippen LogP contribution in [0.3, 0.4) is 0 Å². The van der Waals surface area contributed by atoms with Crippen LogP contribution in [0.2, 0.25) is 0 Å². The summed E-state index contributed by atoms with van der Waals surface area (Å²) in [6.45, 7) is 8.33. The average Bonchev–Trinajstić information content (AvgIpc) is 2.52. The van der Waals surface area contributed by atoms with Crippen molar-refractivity contribution in [3.8, 4) is 18.4 Å². The molecule has 1 unspecified atom stereocenters. The summed E-state index contributed by atoms with van der Waals surface area (Å²) in [6.07, 6.45) is 11.6. The Morgan fingerprint density at radius 3 is 2.69 bits per heavy atom. The Morgan fingerprint density at radius 2 is 2.12 bits per heavy atom. The Kier molecular flexibility index (Phi) is 2.11. The second kappa shape index (κ2) is 3.13. The molecule has 1 saturated carbocycles. The van der Waals surface area contributed by atoms with Crippen LogP contribution in [0.15, 0.2) is 35.5 Å². The van der Waals surface area contributed by atoms with Crippen LogP contribution in [0.25, 0.3) is 0 Å². The largest absolute Gasteiger partial charge is 0.192 e. The van der Waals surface area contributed by atoms with Gasteiger partial charge in [0.05, 0.1) is 17.1 Å². The molecule has 16 heavy (non-hydrogen) atoms. The van der Waals surface area contributed by atoms with Gasteiger partial charge >= 0.3 is 0 Å². The maximum Gasteiger partial charge on any atom is 0.0995 e. The molecule has 80 valence electrons. The molecular formula is C15H15N. The minimum atomic E-state index is -0.338. The smallest absolute Gasteiger partial charge is 0.0995 e. The first kappa shape index (κ1) is 10.8. The molecule has 0 radical (unpaired) electrons. The first-order chi connectivity index (χ1) is 7.45. The van der Waals surface area contributed by atoms with Crippen molar-refractivity contribution in [2.75, 3.05) is 0 Å². The molecule has 1 fully saturated rings. The molecule has 1 atom stereocenters. The van der Waals surface area contributed by atoms with Crippen LogP contribution >= 0.6 is 0 Å². The molecule has 2 aliphatic rings. The standard InChI is InChI=1S/C15H15N/c1-5-15-7-6-14(3,4)13(15)8-11(2)12(9-15)10-16/h1,8-9H,2,6-7H2,3-4H3. The monoisotopic (exact) mass is 209 g/mol. The predicted octanol–water partition coefficient (Wildman–Crippen LogP) is 3.37. The number of rotatable bonds is 0. The molecule has 0 bridgehead atoms. The second-order valence-electron chi connectivity index (χ2n) is 5.25. The lowest BCUT2D eigenvalue weighted by atomic mass is 9.71. The fourth-order valence-corrected chi connectivity index (χ4v) is 2.74. The molecule has 1 nitrogen and oxygen atoms in total. The Morgan fingerprint density at radius 1 is 1.44 bits per heavy atom. The van der Waals surface area contributed by atoms with Crippen LogP contribution in [-0.4, -0.2) is 0 Å². The number of hydrogen-bond donors (Lipinski definition) is 0. The molecule has 0 aromatic heterocycles. The van der Waals surface area contributed by atoms with E-state index in [1.165, 1.54) is 5.57 Å². The van der Waals surface area contributed by atoms with Gasteiger partial charge in [0.2, 0.25) is 0 Å². The van der Waals surface area contributed by atoms with Gasteiger partial charge < -0.3 is 0 Å². The maximum absolute atomic E-state index is 9.04.